The first-order valence-electron chi connectivity index (χ1n) is 8.24. The lowest BCUT2D eigenvalue weighted by Gasteiger charge is -2.32. The lowest BCUT2D eigenvalue weighted by atomic mass is 10.1. The largest absolute Gasteiger partial charge is 0.354 e. The number of amides is 1. The van der Waals surface area contributed by atoms with E-state index in [9.17, 15) is 4.79 Å². The van der Waals surface area contributed by atoms with Gasteiger partial charge in [0.15, 0.2) is 0 Å². The molecule has 0 spiro atoms. The summed E-state index contributed by atoms with van der Waals surface area (Å²) in [4.78, 5) is 16.2. The van der Waals surface area contributed by atoms with E-state index in [0.29, 0.717) is 19.0 Å². The summed E-state index contributed by atoms with van der Waals surface area (Å²) in [5.41, 5.74) is 3.74. The number of nitrogens with zero attached hydrogens (tertiary/aromatic N) is 1. The van der Waals surface area contributed by atoms with Gasteiger partial charge in [0.2, 0.25) is 5.91 Å². The van der Waals surface area contributed by atoms with Gasteiger partial charge in [-0.2, -0.15) is 0 Å². The highest BCUT2D eigenvalue weighted by atomic mass is 32.1. The molecule has 0 fully saturated rings. The maximum Gasteiger partial charge on any atom is 0.224 e. The number of nitrogens with one attached hydrogen (secondary N) is 1. The Morgan fingerprint density at radius 2 is 2.17 bits per heavy atom. The van der Waals surface area contributed by atoms with Crippen molar-refractivity contribution in [1.29, 1.82) is 0 Å². The molecule has 4 heteroatoms. The highest BCUT2D eigenvalue weighted by Crippen LogP contribution is 2.24. The van der Waals surface area contributed by atoms with E-state index in [1.54, 1.807) is 0 Å². The second kappa shape index (κ2) is 7.28. The molecule has 3 rings (SSSR count). The summed E-state index contributed by atoms with van der Waals surface area (Å²) in [7, 11) is 0. The van der Waals surface area contributed by atoms with Crippen molar-refractivity contribution in [3.63, 3.8) is 0 Å². The first-order chi connectivity index (χ1) is 11.1. The maximum absolute atomic E-state index is 12.2. The van der Waals surface area contributed by atoms with Crippen molar-refractivity contribution in [2.75, 3.05) is 13.1 Å². The van der Waals surface area contributed by atoms with E-state index >= 15 is 0 Å². The van der Waals surface area contributed by atoms with Crippen molar-refractivity contribution in [2.24, 2.45) is 0 Å². The molecule has 1 atom stereocenters. The zero-order valence-corrected chi connectivity index (χ0v) is 14.7. The second-order valence-corrected chi connectivity index (χ2v) is 7.35. The highest BCUT2D eigenvalue weighted by molar-refractivity contribution is 7.10. The summed E-state index contributed by atoms with van der Waals surface area (Å²) in [6.07, 6.45) is 1.60. The summed E-state index contributed by atoms with van der Waals surface area (Å²) in [5.74, 6) is 0.111. The molecule has 23 heavy (non-hydrogen) atoms. The predicted molar refractivity (Wildman–Crippen MR) is 95.8 cm³/mol. The minimum atomic E-state index is 0.111. The number of thiophene rings is 1. The van der Waals surface area contributed by atoms with Gasteiger partial charge in [-0.25, -0.2) is 0 Å². The SMILES string of the molecule is Cc1ccccc1CC(=O)NCC(C)N1CCc2sccc2C1. The van der Waals surface area contributed by atoms with E-state index in [1.807, 2.05) is 29.5 Å². The first-order valence-corrected chi connectivity index (χ1v) is 9.12. The van der Waals surface area contributed by atoms with Crippen LogP contribution in [0.15, 0.2) is 35.7 Å². The molecule has 1 N–H and O–H groups in total. The minimum absolute atomic E-state index is 0.111. The number of benzene rings is 1. The van der Waals surface area contributed by atoms with E-state index in [1.165, 1.54) is 16.0 Å². The van der Waals surface area contributed by atoms with Crippen molar-refractivity contribution in [3.8, 4) is 0 Å². The van der Waals surface area contributed by atoms with Gasteiger partial charge in [-0.1, -0.05) is 24.3 Å². The Hall–Kier alpha value is -1.65. The minimum Gasteiger partial charge on any atom is -0.354 e. The Bertz CT molecular complexity index is 680. The van der Waals surface area contributed by atoms with Crippen LogP contribution in [0.3, 0.4) is 0 Å². The molecular formula is C19H24N2OS. The Kier molecular flexibility index (Phi) is 5.13. The van der Waals surface area contributed by atoms with E-state index < -0.39 is 0 Å². The average molecular weight is 328 g/mol. The number of hydrogen-bond donors (Lipinski definition) is 1. The van der Waals surface area contributed by atoms with Gasteiger partial charge in [-0.3, -0.25) is 9.69 Å². The summed E-state index contributed by atoms with van der Waals surface area (Å²) in [6, 6.07) is 10.7. The normalized spacial score (nSPS) is 15.9. The van der Waals surface area contributed by atoms with Crippen LogP contribution in [0.25, 0.3) is 0 Å². The maximum atomic E-state index is 12.2. The number of rotatable bonds is 5. The van der Waals surface area contributed by atoms with Crippen LogP contribution in [0, 0.1) is 6.92 Å². The lowest BCUT2D eigenvalue weighted by molar-refractivity contribution is -0.120. The molecule has 1 unspecified atom stereocenters. The van der Waals surface area contributed by atoms with Gasteiger partial charge in [-0.15, -0.1) is 11.3 Å². The fourth-order valence-corrected chi connectivity index (χ4v) is 3.97. The van der Waals surface area contributed by atoms with Crippen LogP contribution in [0.5, 0.6) is 0 Å². The van der Waals surface area contributed by atoms with Gasteiger partial charge < -0.3 is 5.32 Å². The topological polar surface area (TPSA) is 32.3 Å². The van der Waals surface area contributed by atoms with E-state index in [2.05, 4.69) is 41.6 Å². The van der Waals surface area contributed by atoms with Gasteiger partial charge in [0, 0.05) is 30.6 Å². The molecule has 1 amide bonds. The number of carbonyl (C=O) groups excluding carboxylic acids is 1. The van der Waals surface area contributed by atoms with Crippen LogP contribution in [0.4, 0.5) is 0 Å². The van der Waals surface area contributed by atoms with Crippen LogP contribution >= 0.6 is 11.3 Å². The number of hydrogen-bond acceptors (Lipinski definition) is 3. The summed E-state index contributed by atoms with van der Waals surface area (Å²) in [6.45, 7) is 7.06. The molecule has 0 saturated carbocycles. The zero-order valence-electron chi connectivity index (χ0n) is 13.8. The van der Waals surface area contributed by atoms with E-state index in [0.717, 1.165) is 25.1 Å². The van der Waals surface area contributed by atoms with Gasteiger partial charge >= 0.3 is 0 Å². The third kappa shape index (κ3) is 4.01. The van der Waals surface area contributed by atoms with E-state index in [4.69, 9.17) is 0 Å². The molecule has 0 saturated heterocycles. The average Bonchev–Trinajstić information content (AvgIpc) is 3.02. The molecule has 1 aromatic carbocycles. The molecule has 2 heterocycles. The van der Waals surface area contributed by atoms with Gasteiger partial charge in [0.25, 0.3) is 0 Å². The van der Waals surface area contributed by atoms with Gasteiger partial charge in [-0.05, 0) is 48.4 Å². The Labute approximate surface area is 142 Å². The van der Waals surface area contributed by atoms with Crippen LogP contribution in [0.2, 0.25) is 0 Å². The lowest BCUT2D eigenvalue weighted by Crippen LogP contribution is -2.44. The summed E-state index contributed by atoms with van der Waals surface area (Å²) in [5, 5.41) is 5.28. The highest BCUT2D eigenvalue weighted by Gasteiger charge is 2.21. The molecule has 122 valence electrons. The standard InChI is InChI=1S/C19H24N2OS/c1-14-5-3-4-6-16(14)11-19(22)20-12-15(2)21-9-7-18-17(13-21)8-10-23-18/h3-6,8,10,15H,7,9,11-13H2,1-2H3,(H,20,22). The number of carbonyl (C=O) groups is 1. The van der Waals surface area contributed by atoms with Crippen molar-refractivity contribution in [2.45, 2.75) is 39.3 Å². The van der Waals surface area contributed by atoms with Crippen LogP contribution in [-0.4, -0.2) is 29.9 Å². The molecule has 0 aliphatic carbocycles. The molecule has 0 radical (unpaired) electrons. The fraction of sp³-hybridized carbons (Fsp3) is 0.421. The van der Waals surface area contributed by atoms with Crippen LogP contribution < -0.4 is 5.32 Å². The van der Waals surface area contributed by atoms with Gasteiger partial charge in [0.05, 0.1) is 6.42 Å². The third-order valence-corrected chi connectivity index (χ3v) is 5.69. The molecule has 1 aliphatic rings. The molecule has 1 aliphatic heterocycles. The second-order valence-electron chi connectivity index (χ2n) is 6.35. The van der Waals surface area contributed by atoms with Crippen LogP contribution in [0.1, 0.15) is 28.5 Å². The Morgan fingerprint density at radius 1 is 1.35 bits per heavy atom. The summed E-state index contributed by atoms with van der Waals surface area (Å²) >= 11 is 1.86. The Balaban J connectivity index is 1.48. The number of fused-ring (bicyclic) bond motifs is 1. The van der Waals surface area contributed by atoms with Crippen molar-refractivity contribution < 1.29 is 4.79 Å². The molecule has 0 bridgehead atoms. The quantitative estimate of drug-likeness (QED) is 0.914. The first kappa shape index (κ1) is 16.2. The monoisotopic (exact) mass is 328 g/mol. The molecule has 1 aromatic heterocycles. The van der Waals surface area contributed by atoms with Crippen LogP contribution in [-0.2, 0) is 24.2 Å². The molecule has 2 aromatic rings. The number of aryl methyl sites for hydroxylation is 1. The van der Waals surface area contributed by atoms with Gasteiger partial charge in [0.1, 0.15) is 0 Å². The predicted octanol–water partition coefficient (Wildman–Crippen LogP) is 3.16. The van der Waals surface area contributed by atoms with E-state index in [-0.39, 0.29) is 5.91 Å². The van der Waals surface area contributed by atoms with Crippen molar-refractivity contribution >= 4 is 17.2 Å². The third-order valence-electron chi connectivity index (χ3n) is 4.67. The van der Waals surface area contributed by atoms with Crippen molar-refractivity contribution in [3.05, 3.63) is 57.3 Å². The molecular weight excluding hydrogens is 304 g/mol. The van der Waals surface area contributed by atoms with Crippen molar-refractivity contribution in [1.82, 2.24) is 10.2 Å². The Morgan fingerprint density at radius 3 is 3.00 bits per heavy atom. The summed E-state index contributed by atoms with van der Waals surface area (Å²) < 4.78 is 0. The smallest absolute Gasteiger partial charge is 0.224 e. The molecule has 3 nitrogen and oxygen atoms in total. The zero-order chi connectivity index (χ0) is 16.2. The fourth-order valence-electron chi connectivity index (χ4n) is 3.08.